The van der Waals surface area contributed by atoms with E-state index in [-0.39, 0.29) is 0 Å². The third-order valence-electron chi connectivity index (χ3n) is 27.7. The molecule has 6 heteroatoms. The number of anilines is 6. The average molecular weight is 1810 g/mol. The maximum absolute atomic E-state index is 2.41. The van der Waals surface area contributed by atoms with Crippen molar-refractivity contribution in [2.24, 2.45) is 0 Å². The van der Waals surface area contributed by atoms with Crippen LogP contribution in [0.1, 0.15) is 0 Å². The summed E-state index contributed by atoms with van der Waals surface area (Å²) in [5.74, 6) is 0. The first-order valence-corrected chi connectivity index (χ1v) is 48.3. The van der Waals surface area contributed by atoms with E-state index in [0.29, 0.717) is 0 Å². The van der Waals surface area contributed by atoms with Crippen LogP contribution in [0, 0.1) is 0 Å². The molecule has 141 heavy (non-hydrogen) atoms. The Morgan fingerprint density at radius 2 is 0.248 bits per heavy atom. The van der Waals surface area contributed by atoms with Crippen LogP contribution in [0.15, 0.2) is 552 Å². The first-order chi connectivity index (χ1) is 69.6. The summed E-state index contributed by atoms with van der Waals surface area (Å²) >= 11 is 0. The molecule has 0 atom stereocenters. The Hall–Kier alpha value is -18.4. The summed E-state index contributed by atoms with van der Waals surface area (Å²) in [6.07, 6.45) is 0. The molecule has 6 nitrogen and oxygen atoms in total. The van der Waals surface area contributed by atoms with Crippen LogP contribution in [-0.4, -0.2) is 34.8 Å². The zero-order valence-electron chi connectivity index (χ0n) is 78.7. The van der Waals surface area contributed by atoms with Gasteiger partial charge in [0, 0.05) is 105 Å². The maximum atomic E-state index is 2.41. The van der Waals surface area contributed by atoms with Crippen LogP contribution in [0.3, 0.4) is 0 Å². The van der Waals surface area contributed by atoms with Crippen molar-refractivity contribution in [1.82, 2.24) is 13.7 Å². The summed E-state index contributed by atoms with van der Waals surface area (Å²) in [6, 6.07) is 199. The molecule has 25 aromatic rings. The summed E-state index contributed by atoms with van der Waals surface area (Å²) in [5.41, 5.74) is 41.9. The molecule has 0 amide bonds. The second-order valence-corrected chi connectivity index (χ2v) is 36.1. The number of hydrogen-bond donors (Lipinski definition) is 0. The number of aromatic nitrogens is 3. The minimum Gasteiger partial charge on any atom is -0.345 e. The van der Waals surface area contributed by atoms with Crippen LogP contribution in [-0.2, 0) is 0 Å². The van der Waals surface area contributed by atoms with Crippen molar-refractivity contribution in [2.75, 3.05) is 35.8 Å². The molecule has 0 aliphatic heterocycles. The van der Waals surface area contributed by atoms with E-state index in [2.05, 4.69) is 602 Å². The molecular weight excluding hydrogens is 1710 g/mol. The molecular formula is C135H100N6. The van der Waals surface area contributed by atoms with Crippen LogP contribution in [0.2, 0.25) is 0 Å². The van der Waals surface area contributed by atoms with Crippen LogP contribution in [0.5, 0.6) is 0 Å². The molecule has 0 bridgehead atoms. The Balaban J connectivity index is 0.000000119. The van der Waals surface area contributed by atoms with Crippen molar-refractivity contribution in [3.63, 3.8) is 0 Å². The van der Waals surface area contributed by atoms with Gasteiger partial charge in [-0.2, -0.15) is 0 Å². The summed E-state index contributed by atoms with van der Waals surface area (Å²) in [6.45, 7) is 0. The van der Waals surface area contributed by atoms with E-state index in [0.717, 1.165) is 45.5 Å². The second-order valence-electron chi connectivity index (χ2n) is 36.1. The van der Waals surface area contributed by atoms with Crippen LogP contribution in [0.4, 0.5) is 34.1 Å². The van der Waals surface area contributed by atoms with Gasteiger partial charge in [0.1, 0.15) is 0 Å². The van der Waals surface area contributed by atoms with Crippen molar-refractivity contribution in [2.45, 2.75) is 0 Å². The van der Waals surface area contributed by atoms with Gasteiger partial charge in [0.15, 0.2) is 0 Å². The summed E-state index contributed by atoms with van der Waals surface area (Å²) in [4.78, 5) is 6.66. The van der Waals surface area contributed by atoms with Crippen LogP contribution in [0.25, 0.3) is 194 Å². The van der Waals surface area contributed by atoms with E-state index in [1.807, 2.05) is 0 Å². The van der Waals surface area contributed by atoms with Crippen molar-refractivity contribution in [3.8, 4) is 128 Å². The average Bonchev–Trinajstić information content (AvgIpc) is 1.59. The lowest BCUT2D eigenvalue weighted by Crippen LogP contribution is -2.09. The number of nitrogens with zero attached hydrogens (tertiary/aromatic N) is 6. The number of hydrogen-bond acceptors (Lipinski definition) is 3. The van der Waals surface area contributed by atoms with Gasteiger partial charge in [0.25, 0.3) is 0 Å². The summed E-state index contributed by atoms with van der Waals surface area (Å²) < 4.78 is 7.20. The summed E-state index contributed by atoms with van der Waals surface area (Å²) in [5, 5.41) is 7.47. The van der Waals surface area contributed by atoms with Gasteiger partial charge in [0.2, 0.25) is 0 Å². The molecule has 3 aromatic heterocycles. The number of benzene rings is 22. The molecule has 3 heterocycles. The zero-order valence-corrected chi connectivity index (χ0v) is 78.7. The lowest BCUT2D eigenvalue weighted by molar-refractivity contribution is 1.16. The highest BCUT2D eigenvalue weighted by molar-refractivity contribution is 6.15. The smallest absolute Gasteiger partial charge is 0.0541 e. The van der Waals surface area contributed by atoms with Crippen LogP contribution < -0.4 is 14.7 Å². The van der Waals surface area contributed by atoms with E-state index in [9.17, 15) is 0 Å². The second kappa shape index (κ2) is 38.8. The largest absolute Gasteiger partial charge is 0.345 e. The Bertz CT molecular complexity index is 8340. The number of rotatable bonds is 19. The normalized spacial score (nSPS) is 11.2. The molecule has 0 aliphatic carbocycles. The Morgan fingerprint density at radius 1 is 0.113 bits per heavy atom. The van der Waals surface area contributed by atoms with E-state index in [4.69, 9.17) is 0 Å². The molecule has 0 unspecified atom stereocenters. The highest BCUT2D eigenvalue weighted by Crippen LogP contribution is 2.45. The predicted octanol–water partition coefficient (Wildman–Crippen LogP) is 36.3. The standard InChI is InChI=1S/2C49H36N2.C37H28N2/c1-50(43-21-9-4-10-22-43)44-25-27-45(28-26-44)51-48-29-23-41(39-19-11-17-37(31-39)35-13-5-2-6-14-35)33-46(48)47-34-42(24-30-49(47)51)40-20-12-18-38(32-40)36-15-7-3-8-16-36;1-50(43-15-9-4-10-16-43)44-27-29-45(30-28-44)51-48-31-25-41(39-21-17-37(18-22-39)35-11-5-2-6-12-35)33-46(48)47-34-42(26-32-49(47)51)40-23-19-38(20-24-40)36-13-7-3-8-14-36;1-38(31-15-9-4-10-16-31)32-19-21-33(22-20-32)39-36-23-17-29(27-11-5-2-6-12-27)25-34(36)35-26-30(18-24-37(35)39)28-13-7-3-8-14-28/h2*2-34H,1H3;2-26H,1H3. The molecule has 0 N–H and O–H groups in total. The Labute approximate surface area is 823 Å². The zero-order chi connectivity index (χ0) is 94.5. The lowest BCUT2D eigenvalue weighted by Gasteiger charge is -2.20. The quantitative estimate of drug-likeness (QED) is 0.0806. The fourth-order valence-electron chi connectivity index (χ4n) is 20.1. The van der Waals surface area contributed by atoms with Gasteiger partial charge in [-0.05, 0) is 305 Å². The summed E-state index contributed by atoms with van der Waals surface area (Å²) in [7, 11) is 6.35. The van der Waals surface area contributed by atoms with Gasteiger partial charge in [-0.1, -0.05) is 358 Å². The molecule has 0 aliphatic rings. The predicted molar refractivity (Wildman–Crippen MR) is 600 cm³/mol. The van der Waals surface area contributed by atoms with Gasteiger partial charge in [-0.15, -0.1) is 0 Å². The molecule has 0 spiro atoms. The molecule has 0 saturated heterocycles. The Morgan fingerprint density at radius 3 is 0.454 bits per heavy atom. The van der Waals surface area contributed by atoms with Crippen molar-refractivity contribution >= 4 is 99.5 Å². The van der Waals surface area contributed by atoms with E-state index >= 15 is 0 Å². The molecule has 0 fully saturated rings. The molecule has 0 saturated carbocycles. The van der Waals surface area contributed by atoms with Crippen molar-refractivity contribution in [3.05, 3.63) is 552 Å². The third kappa shape index (κ3) is 17.7. The fourth-order valence-corrected chi connectivity index (χ4v) is 20.1. The van der Waals surface area contributed by atoms with Crippen LogP contribution >= 0.6 is 0 Å². The van der Waals surface area contributed by atoms with Gasteiger partial charge in [0.05, 0.1) is 33.1 Å². The molecule has 670 valence electrons. The van der Waals surface area contributed by atoms with E-state index in [1.165, 1.54) is 182 Å². The molecule has 0 radical (unpaired) electrons. The van der Waals surface area contributed by atoms with Gasteiger partial charge in [-0.25, -0.2) is 0 Å². The van der Waals surface area contributed by atoms with E-state index < -0.39 is 0 Å². The minimum absolute atomic E-state index is 1.14. The van der Waals surface area contributed by atoms with E-state index in [1.54, 1.807) is 0 Å². The Kier molecular flexibility index (Phi) is 23.9. The maximum Gasteiger partial charge on any atom is 0.0541 e. The molecule has 22 aromatic carbocycles. The minimum atomic E-state index is 1.14. The first-order valence-electron chi connectivity index (χ1n) is 48.3. The van der Waals surface area contributed by atoms with Gasteiger partial charge < -0.3 is 28.4 Å². The fraction of sp³-hybridized carbons (Fsp3) is 0.0222. The van der Waals surface area contributed by atoms with Crippen molar-refractivity contribution in [1.29, 1.82) is 0 Å². The topological polar surface area (TPSA) is 24.5 Å². The van der Waals surface area contributed by atoms with Gasteiger partial charge in [-0.3, -0.25) is 0 Å². The van der Waals surface area contributed by atoms with Gasteiger partial charge >= 0.3 is 0 Å². The number of para-hydroxylation sites is 3. The lowest BCUT2D eigenvalue weighted by atomic mass is 9.96. The number of fused-ring (bicyclic) bond motifs is 9. The first kappa shape index (κ1) is 86.7. The SMILES string of the molecule is CN(c1ccccc1)c1ccc(-n2c3ccc(-c4ccc(-c5ccccc5)cc4)cc3c3cc(-c4ccc(-c5ccccc5)cc4)ccc32)cc1.CN(c1ccccc1)c1ccc(-n2c3ccc(-c4cccc(-c5ccccc5)c4)cc3c3cc(-c4cccc(-c5ccccc5)c4)ccc32)cc1.CN(c1ccccc1)c1ccc(-n2c3ccc(-c4ccccc4)cc3c3cc(-c4ccccc4)ccc32)cc1. The molecule has 25 rings (SSSR count). The monoisotopic (exact) mass is 1800 g/mol. The highest BCUT2D eigenvalue weighted by Gasteiger charge is 2.22. The highest BCUT2D eigenvalue weighted by atomic mass is 15.1. The van der Waals surface area contributed by atoms with Crippen molar-refractivity contribution < 1.29 is 0 Å². The third-order valence-corrected chi connectivity index (χ3v) is 27.7.